The molecule has 6 aliphatic rings. The van der Waals surface area contributed by atoms with E-state index in [-0.39, 0.29) is 99.0 Å². The highest BCUT2D eigenvalue weighted by Crippen LogP contribution is 2.54. The molecule has 2 saturated carbocycles. The summed E-state index contributed by atoms with van der Waals surface area (Å²) in [6, 6.07) is 15.9. The van der Waals surface area contributed by atoms with Crippen LogP contribution in [0, 0.1) is 47.3 Å². The molecule has 0 radical (unpaired) electrons. The van der Waals surface area contributed by atoms with E-state index in [1.54, 1.807) is 0 Å². The van der Waals surface area contributed by atoms with Crippen LogP contribution in [0.1, 0.15) is 43.9 Å². The van der Waals surface area contributed by atoms with Gasteiger partial charge in [0.1, 0.15) is 0 Å². The second kappa shape index (κ2) is 11.2. The Kier molecular flexibility index (Phi) is 6.76. The predicted octanol–water partition coefficient (Wildman–Crippen LogP) is 4.51. The van der Waals surface area contributed by atoms with Gasteiger partial charge in [0.05, 0.1) is 52.0 Å². The quantitative estimate of drug-likeness (QED) is 0.241. The summed E-state index contributed by atoms with van der Waals surface area (Å²) in [4.78, 5) is 93.7. The first-order valence-electron chi connectivity index (χ1n) is 16.9. The molecule has 4 aliphatic carbocycles. The summed E-state index contributed by atoms with van der Waals surface area (Å²) in [5, 5.41) is 15.0. The molecule has 2 aliphatic heterocycles. The van der Waals surface area contributed by atoms with E-state index >= 15 is 0 Å². The molecule has 2 saturated heterocycles. The van der Waals surface area contributed by atoms with E-state index < -0.39 is 17.8 Å². The predicted molar refractivity (Wildman–Crippen MR) is 183 cm³/mol. The van der Waals surface area contributed by atoms with Gasteiger partial charge in [0.25, 0.3) is 11.8 Å². The number of amides is 6. The number of carboxylic acid groups (broad SMARTS) is 1. The third-order valence-corrected chi connectivity index (χ3v) is 11.5. The first-order chi connectivity index (χ1) is 24.6. The molecule has 254 valence electrons. The number of hydrogen-bond donors (Lipinski definition) is 3. The summed E-state index contributed by atoms with van der Waals surface area (Å²) < 4.78 is 0. The van der Waals surface area contributed by atoms with Gasteiger partial charge in [0.15, 0.2) is 0 Å². The summed E-state index contributed by atoms with van der Waals surface area (Å²) in [6.45, 7) is 0. The largest absolute Gasteiger partial charge is 0.478 e. The summed E-state index contributed by atoms with van der Waals surface area (Å²) in [5.41, 5.74) is 1.15. The molecular weight excluding hydrogens is 652 g/mol. The maximum absolute atomic E-state index is 13.4. The lowest BCUT2D eigenvalue weighted by Gasteiger charge is -2.18. The standard InChI is InChI=1S/C39H30N4O8/c44-33(18-5-10-25(11-6-18)42-35(46)29-20-1-2-21(15-20)30(29)36(42)47)40-27-14-9-24(39(50)51)17-28(27)41-34(45)19-7-12-26(13-8-19)43-37(48)31-22-3-4-23(16-22)32(31)38(43)49/h1-14,17,20-23,29-32H,15-16H2,(H,40,44)(H,41,45)(H,50,51)/t20-,21-,22-,23-,29+,30+,31-,32+/m0/s1. The van der Waals surface area contributed by atoms with Crippen LogP contribution in [0.4, 0.5) is 22.7 Å². The molecular formula is C39H30N4O8. The van der Waals surface area contributed by atoms with Gasteiger partial charge in [-0.25, -0.2) is 4.79 Å². The fourth-order valence-electron chi connectivity index (χ4n) is 9.12. The van der Waals surface area contributed by atoms with Crippen LogP contribution in [0.25, 0.3) is 0 Å². The highest BCUT2D eigenvalue weighted by Gasteiger charge is 2.60. The molecule has 6 amide bonds. The molecule has 2 heterocycles. The van der Waals surface area contributed by atoms with E-state index in [4.69, 9.17) is 0 Å². The van der Waals surface area contributed by atoms with Gasteiger partial charge in [0.2, 0.25) is 23.6 Å². The Labute approximate surface area is 290 Å². The summed E-state index contributed by atoms with van der Waals surface area (Å²) in [5.74, 6) is -4.45. The van der Waals surface area contributed by atoms with Crippen LogP contribution in [0.3, 0.4) is 0 Å². The van der Waals surface area contributed by atoms with Crippen molar-refractivity contribution in [3.8, 4) is 0 Å². The summed E-state index contributed by atoms with van der Waals surface area (Å²) in [6.07, 6.45) is 9.73. The molecule has 3 aromatic rings. The summed E-state index contributed by atoms with van der Waals surface area (Å²) in [7, 11) is 0. The number of nitrogens with zero attached hydrogens (tertiary/aromatic N) is 2. The van der Waals surface area contributed by atoms with Gasteiger partial charge in [-0.2, -0.15) is 0 Å². The molecule has 4 bridgehead atoms. The average Bonchev–Trinajstić information content (AvgIpc) is 3.99. The highest BCUT2D eigenvalue weighted by molar-refractivity contribution is 6.24. The number of fused-ring (bicyclic) bond motifs is 10. The van der Waals surface area contributed by atoms with Crippen LogP contribution in [-0.2, 0) is 19.2 Å². The Morgan fingerprint density at radius 3 is 1.24 bits per heavy atom. The van der Waals surface area contributed by atoms with Crippen LogP contribution < -0.4 is 20.4 Å². The Morgan fingerprint density at radius 1 is 0.510 bits per heavy atom. The lowest BCUT2D eigenvalue weighted by atomic mass is 9.85. The van der Waals surface area contributed by atoms with Crippen molar-refractivity contribution < 1.29 is 38.7 Å². The minimum atomic E-state index is -1.24. The van der Waals surface area contributed by atoms with Crippen molar-refractivity contribution >= 4 is 64.2 Å². The van der Waals surface area contributed by atoms with E-state index in [0.29, 0.717) is 11.4 Å². The average molecular weight is 683 g/mol. The monoisotopic (exact) mass is 682 g/mol. The number of nitrogens with one attached hydrogen (secondary N) is 2. The van der Waals surface area contributed by atoms with Crippen LogP contribution >= 0.6 is 0 Å². The number of allylic oxidation sites excluding steroid dienone is 4. The fourth-order valence-corrected chi connectivity index (χ4v) is 9.12. The molecule has 51 heavy (non-hydrogen) atoms. The maximum atomic E-state index is 13.4. The first kappa shape index (κ1) is 30.9. The van der Waals surface area contributed by atoms with Crippen LogP contribution in [0.2, 0.25) is 0 Å². The number of imide groups is 2. The summed E-state index contributed by atoms with van der Waals surface area (Å²) >= 11 is 0. The van der Waals surface area contributed by atoms with Crippen molar-refractivity contribution in [2.45, 2.75) is 12.8 Å². The molecule has 9 rings (SSSR count). The molecule has 0 unspecified atom stereocenters. The second-order valence-electron chi connectivity index (χ2n) is 14.1. The number of hydrogen-bond acceptors (Lipinski definition) is 7. The Morgan fingerprint density at radius 2 is 0.863 bits per heavy atom. The number of carbonyl (C=O) groups is 7. The zero-order chi connectivity index (χ0) is 35.3. The van der Waals surface area contributed by atoms with Crippen molar-refractivity contribution in [2.75, 3.05) is 20.4 Å². The normalized spacial score (nSPS) is 29.3. The van der Waals surface area contributed by atoms with Gasteiger partial charge in [-0.3, -0.25) is 38.6 Å². The van der Waals surface area contributed by atoms with Crippen molar-refractivity contribution in [1.82, 2.24) is 0 Å². The lowest BCUT2D eigenvalue weighted by Crippen LogP contribution is -2.32. The van der Waals surface area contributed by atoms with Gasteiger partial charge in [0, 0.05) is 11.1 Å². The molecule has 4 fully saturated rings. The minimum Gasteiger partial charge on any atom is -0.478 e. The van der Waals surface area contributed by atoms with E-state index in [0.717, 1.165) is 12.8 Å². The highest BCUT2D eigenvalue weighted by atomic mass is 16.4. The van der Waals surface area contributed by atoms with Crippen molar-refractivity contribution in [2.24, 2.45) is 47.3 Å². The van der Waals surface area contributed by atoms with Gasteiger partial charge < -0.3 is 15.7 Å². The molecule has 12 nitrogen and oxygen atoms in total. The molecule has 0 aromatic heterocycles. The van der Waals surface area contributed by atoms with E-state index in [1.807, 2.05) is 24.3 Å². The van der Waals surface area contributed by atoms with Gasteiger partial charge in [-0.05, 0) is 103 Å². The Bertz CT molecular complexity index is 2110. The smallest absolute Gasteiger partial charge is 0.335 e. The molecule has 8 atom stereocenters. The Hall–Kier alpha value is -6.17. The van der Waals surface area contributed by atoms with Gasteiger partial charge in [-0.1, -0.05) is 24.3 Å². The van der Waals surface area contributed by atoms with Crippen LogP contribution in [0.15, 0.2) is 91.0 Å². The topological polar surface area (TPSA) is 170 Å². The number of benzene rings is 3. The van der Waals surface area contributed by atoms with Crippen molar-refractivity contribution in [3.05, 3.63) is 108 Å². The lowest BCUT2D eigenvalue weighted by molar-refractivity contribution is -0.124. The maximum Gasteiger partial charge on any atom is 0.335 e. The number of carbonyl (C=O) groups excluding carboxylic acids is 6. The molecule has 0 spiro atoms. The number of aromatic carboxylic acids is 1. The number of rotatable bonds is 7. The minimum absolute atomic E-state index is 0.0256. The SMILES string of the molecule is O=C(O)c1ccc(NC(=O)c2ccc(N3C(=O)[C@H]4[C@H](C3=O)[C@H]3C=C[C@H]4C3)cc2)c(NC(=O)c2ccc(N3C(=O)[C@@H]4[C@H](C3=O)[C@H]3C=C[C@H]4C3)cc2)c1. The third-order valence-electron chi connectivity index (χ3n) is 11.5. The molecule has 12 heteroatoms. The first-order valence-corrected chi connectivity index (χ1v) is 16.9. The second-order valence-corrected chi connectivity index (χ2v) is 14.1. The van der Waals surface area contributed by atoms with Crippen LogP contribution in [0.5, 0.6) is 0 Å². The molecule has 3 N–H and O–H groups in total. The molecule has 3 aromatic carbocycles. The van der Waals surface area contributed by atoms with Gasteiger partial charge >= 0.3 is 5.97 Å². The number of carboxylic acids is 1. The van der Waals surface area contributed by atoms with Gasteiger partial charge in [-0.15, -0.1) is 0 Å². The fraction of sp³-hybridized carbons (Fsp3) is 0.256. The number of anilines is 4. The van der Waals surface area contributed by atoms with Crippen LogP contribution in [-0.4, -0.2) is 46.5 Å². The zero-order valence-corrected chi connectivity index (χ0v) is 26.9. The van der Waals surface area contributed by atoms with Crippen molar-refractivity contribution in [3.63, 3.8) is 0 Å². The Balaban J connectivity index is 0.904. The van der Waals surface area contributed by atoms with E-state index in [1.165, 1.54) is 76.5 Å². The van der Waals surface area contributed by atoms with Crippen molar-refractivity contribution in [1.29, 1.82) is 0 Å². The van der Waals surface area contributed by atoms with E-state index in [2.05, 4.69) is 10.6 Å². The third kappa shape index (κ3) is 4.62. The van der Waals surface area contributed by atoms with E-state index in [9.17, 15) is 38.7 Å². The zero-order valence-electron chi connectivity index (χ0n) is 26.9.